The van der Waals surface area contributed by atoms with Crippen LogP contribution in [0.3, 0.4) is 0 Å². The van der Waals surface area contributed by atoms with E-state index in [0.29, 0.717) is 17.7 Å². The number of hydrogen-bond acceptors (Lipinski definition) is 13. The highest BCUT2D eigenvalue weighted by molar-refractivity contribution is 5.90. The Balaban J connectivity index is 1.77. The van der Waals surface area contributed by atoms with E-state index in [4.69, 9.17) is 14.2 Å². The highest BCUT2D eigenvalue weighted by Crippen LogP contribution is 2.63. The van der Waals surface area contributed by atoms with Crippen molar-refractivity contribution in [3.63, 3.8) is 0 Å². The first-order valence-electron chi connectivity index (χ1n) is 15.6. The predicted molar refractivity (Wildman–Crippen MR) is 165 cm³/mol. The van der Waals surface area contributed by atoms with Crippen molar-refractivity contribution in [3.05, 3.63) is 35.1 Å². The van der Waals surface area contributed by atoms with Crippen molar-refractivity contribution in [3.8, 4) is 11.5 Å². The van der Waals surface area contributed by atoms with E-state index in [0.717, 1.165) is 13.8 Å². The van der Waals surface area contributed by atoms with Crippen LogP contribution in [-0.2, 0) is 43.7 Å². The second-order valence-corrected chi connectivity index (χ2v) is 12.7. The largest absolute Gasteiger partial charge is 0.504 e. The van der Waals surface area contributed by atoms with E-state index in [1.165, 1.54) is 12.1 Å². The molecule has 7 N–H and O–H groups in total. The molecular formula is C32H41N3O14. The number of carboxylic acid groups (broad SMARTS) is 2. The maximum Gasteiger partial charge on any atom is 0.326 e. The van der Waals surface area contributed by atoms with Crippen LogP contribution in [0.4, 0.5) is 0 Å². The molecule has 1 aromatic carbocycles. The number of carbonyl (C=O) groups is 6. The molecule has 17 nitrogen and oxygen atoms in total. The van der Waals surface area contributed by atoms with Crippen LogP contribution in [-0.4, -0.2) is 122 Å². The van der Waals surface area contributed by atoms with Gasteiger partial charge in [0, 0.05) is 18.0 Å². The van der Waals surface area contributed by atoms with Crippen molar-refractivity contribution in [2.75, 3.05) is 13.6 Å². The Morgan fingerprint density at radius 3 is 2.06 bits per heavy atom. The van der Waals surface area contributed by atoms with Crippen molar-refractivity contribution in [1.29, 1.82) is 0 Å². The number of phenolic OH excluding ortho intramolecular Hbond substituents is 1. The fourth-order valence-corrected chi connectivity index (χ4v) is 6.93. The molecule has 2 heterocycles. The molecule has 1 aliphatic carbocycles. The molecule has 2 amide bonds. The lowest BCUT2D eigenvalue weighted by molar-refractivity contribution is -0.202. The van der Waals surface area contributed by atoms with Gasteiger partial charge in [0.15, 0.2) is 17.6 Å². The van der Waals surface area contributed by atoms with Crippen LogP contribution in [0.25, 0.3) is 0 Å². The molecule has 1 saturated heterocycles. The molecule has 2 aliphatic heterocycles. The highest BCUT2D eigenvalue weighted by atomic mass is 16.6. The van der Waals surface area contributed by atoms with Gasteiger partial charge in [-0.05, 0) is 65.4 Å². The number of aliphatic hydroxyl groups is 2. The van der Waals surface area contributed by atoms with E-state index in [1.807, 2.05) is 4.90 Å². The summed E-state index contributed by atoms with van der Waals surface area (Å²) < 4.78 is 18.3. The van der Waals surface area contributed by atoms with E-state index in [1.54, 1.807) is 27.0 Å². The Labute approximate surface area is 280 Å². The first-order chi connectivity index (χ1) is 22.9. The number of nitrogens with one attached hydrogen (secondary N) is 2. The monoisotopic (exact) mass is 691 g/mol. The summed E-state index contributed by atoms with van der Waals surface area (Å²) in [6.45, 7) is 6.22. The van der Waals surface area contributed by atoms with Crippen molar-refractivity contribution >= 4 is 35.7 Å². The van der Waals surface area contributed by atoms with Gasteiger partial charge in [0.1, 0.15) is 35.7 Å². The molecule has 4 rings (SSSR count). The summed E-state index contributed by atoms with van der Waals surface area (Å²) in [5.74, 6) is -7.45. The average molecular weight is 692 g/mol. The van der Waals surface area contributed by atoms with Gasteiger partial charge >= 0.3 is 23.9 Å². The number of aryl methyl sites for hydroxylation is 1. The zero-order valence-electron chi connectivity index (χ0n) is 27.6. The van der Waals surface area contributed by atoms with Gasteiger partial charge < -0.3 is 50.4 Å². The topological polar surface area (TPSA) is 259 Å². The average Bonchev–Trinajstić information content (AvgIpc) is 3.39. The molecule has 1 fully saturated rings. The number of likely N-dealkylation sites (N-methyl/N-ethyl adjacent to an activating group) is 1. The molecule has 8 atom stereocenters. The number of benzene rings is 1. The van der Waals surface area contributed by atoms with Crippen molar-refractivity contribution in [2.24, 2.45) is 0 Å². The molecule has 0 unspecified atom stereocenters. The van der Waals surface area contributed by atoms with E-state index in [2.05, 4.69) is 10.6 Å². The number of esters is 2. The summed E-state index contributed by atoms with van der Waals surface area (Å²) in [5.41, 5.74) is -1.77. The van der Waals surface area contributed by atoms with Crippen LogP contribution in [0.2, 0.25) is 0 Å². The molecule has 0 saturated carbocycles. The number of nitrogens with zero attached hydrogens (tertiary/aromatic N) is 1. The van der Waals surface area contributed by atoms with Crippen LogP contribution >= 0.6 is 0 Å². The van der Waals surface area contributed by atoms with Gasteiger partial charge in [0.25, 0.3) is 0 Å². The smallest absolute Gasteiger partial charge is 0.326 e. The van der Waals surface area contributed by atoms with Gasteiger partial charge in [-0.2, -0.15) is 0 Å². The lowest BCUT2D eigenvalue weighted by Gasteiger charge is -2.59. The maximum absolute atomic E-state index is 13.7. The number of phenols is 1. The Morgan fingerprint density at radius 2 is 1.53 bits per heavy atom. The molecule has 1 spiro atoms. The third-order valence-electron chi connectivity index (χ3n) is 9.55. The van der Waals surface area contributed by atoms with Crippen molar-refractivity contribution in [1.82, 2.24) is 15.5 Å². The molecule has 49 heavy (non-hydrogen) atoms. The number of likely N-dealkylation sites (tertiary alicyclic amines) is 1. The van der Waals surface area contributed by atoms with Crippen LogP contribution in [0.5, 0.6) is 11.5 Å². The van der Waals surface area contributed by atoms with E-state index < -0.39 is 96.0 Å². The van der Waals surface area contributed by atoms with Crippen LogP contribution in [0, 0.1) is 6.92 Å². The van der Waals surface area contributed by atoms with Crippen molar-refractivity contribution < 1.29 is 68.5 Å². The number of aliphatic carboxylic acids is 2. The minimum absolute atomic E-state index is 0.0474. The maximum atomic E-state index is 13.7. The van der Waals surface area contributed by atoms with E-state index in [-0.39, 0.29) is 30.1 Å². The Bertz CT molecular complexity index is 1570. The molecule has 0 aromatic heterocycles. The first kappa shape index (κ1) is 37.1. The summed E-state index contributed by atoms with van der Waals surface area (Å²) in [6.07, 6.45) is -4.37. The SMILES string of the molecule is Cc1ccc(O)c2c1[C@]13CCN(C)[C@H](C)[C@]1(OC(=O)C[C@H](NC(=O)[C@H](C)O)C(=O)O)CC=C(OC(=O)C[C@H](NC(=O)[C@H](C)O)C(=O)O)[C@@H]3O2. The predicted octanol–water partition coefficient (Wildman–Crippen LogP) is -0.783. The summed E-state index contributed by atoms with van der Waals surface area (Å²) in [5, 5.41) is 53.5. The number of carbonyl (C=O) groups excluding carboxylic acids is 4. The van der Waals surface area contributed by atoms with Crippen LogP contribution in [0.15, 0.2) is 24.0 Å². The third kappa shape index (κ3) is 6.78. The van der Waals surface area contributed by atoms with E-state index >= 15 is 0 Å². The number of hydrogen-bond donors (Lipinski definition) is 7. The molecule has 1 aromatic rings. The summed E-state index contributed by atoms with van der Waals surface area (Å²) in [7, 11) is 1.80. The lowest BCUT2D eigenvalue weighted by atomic mass is 9.54. The number of fused-ring (bicyclic) bond motifs is 1. The molecular weight excluding hydrogens is 650 g/mol. The third-order valence-corrected chi connectivity index (χ3v) is 9.55. The fraction of sp³-hybridized carbons (Fsp3) is 0.562. The number of carboxylic acids is 2. The van der Waals surface area contributed by atoms with Gasteiger partial charge in [0.2, 0.25) is 11.8 Å². The molecule has 0 radical (unpaired) electrons. The molecule has 268 valence electrons. The number of amides is 2. The van der Waals surface area contributed by atoms with E-state index in [9.17, 15) is 54.3 Å². The normalized spacial score (nSPS) is 26.6. The number of rotatable bonds is 12. The Morgan fingerprint density at radius 1 is 0.980 bits per heavy atom. The highest BCUT2D eigenvalue weighted by Gasteiger charge is 2.72. The zero-order valence-corrected chi connectivity index (χ0v) is 27.6. The van der Waals surface area contributed by atoms with Crippen LogP contribution < -0.4 is 15.4 Å². The summed E-state index contributed by atoms with van der Waals surface area (Å²) in [4.78, 5) is 76.6. The minimum Gasteiger partial charge on any atom is -0.504 e. The Kier molecular flexibility index (Phi) is 10.6. The number of piperidine rings is 1. The summed E-state index contributed by atoms with van der Waals surface area (Å²) in [6, 6.07) is -1.00. The fourth-order valence-electron chi connectivity index (χ4n) is 6.93. The molecule has 3 aliphatic rings. The molecule has 0 bridgehead atoms. The van der Waals surface area contributed by atoms with Gasteiger partial charge in [-0.1, -0.05) is 6.07 Å². The molecule has 17 heteroatoms. The zero-order chi connectivity index (χ0) is 36.6. The van der Waals surface area contributed by atoms with Crippen molar-refractivity contribution in [2.45, 2.75) is 101 Å². The standard InChI is InChI=1S/C32H41N3O14/c1-14-6-7-20(38)25-24(14)31-10-11-35(5)17(4)32(31,49-23(40)13-19(30(45)46)34-28(42)16(3)37)9-8-21(26(31)48-25)47-22(39)12-18(29(43)44)33-27(41)15(2)36/h6-8,15-19,26,36-38H,9-13H2,1-5H3,(H,33,41)(H,34,42)(H,43,44)(H,45,46)/t15-,16-,17+,18-,19-,26-,31-,32+/m0/s1. The second kappa shape index (κ2) is 14.0. The summed E-state index contributed by atoms with van der Waals surface area (Å²) >= 11 is 0. The minimum atomic E-state index is -1.74. The van der Waals surface area contributed by atoms with Crippen LogP contribution in [0.1, 0.15) is 57.6 Å². The Hall–Kier alpha value is -4.74. The van der Waals surface area contributed by atoms with Gasteiger partial charge in [-0.25, -0.2) is 9.59 Å². The second-order valence-electron chi connectivity index (χ2n) is 12.7. The van der Waals surface area contributed by atoms with Gasteiger partial charge in [-0.3, -0.25) is 24.1 Å². The number of ether oxygens (including phenoxy) is 3. The number of aliphatic hydroxyl groups excluding tert-OH is 2. The quantitative estimate of drug-likeness (QED) is 0.133. The van der Waals surface area contributed by atoms with Gasteiger partial charge in [0.05, 0.1) is 18.3 Å². The van der Waals surface area contributed by atoms with Gasteiger partial charge in [-0.15, -0.1) is 0 Å². The number of aromatic hydroxyl groups is 1. The lowest BCUT2D eigenvalue weighted by Crippen LogP contribution is -2.73. The first-order valence-corrected chi connectivity index (χ1v) is 15.6.